The summed E-state index contributed by atoms with van der Waals surface area (Å²) in [5, 5.41) is 2.86. The molecule has 1 aliphatic rings. The summed E-state index contributed by atoms with van der Waals surface area (Å²) in [6, 6.07) is 15.8. The van der Waals surface area contributed by atoms with Gasteiger partial charge in [-0.1, -0.05) is 42.2 Å². The molecule has 1 aliphatic carbocycles. The first-order chi connectivity index (χ1) is 10.7. The lowest BCUT2D eigenvalue weighted by Gasteiger charge is -2.14. The molecule has 1 N–H and O–H groups in total. The molecule has 0 heterocycles. The van der Waals surface area contributed by atoms with Gasteiger partial charge in [0.15, 0.2) is 0 Å². The third-order valence-corrected chi connectivity index (χ3v) is 3.93. The molecule has 0 aromatic heterocycles. The minimum Gasteiger partial charge on any atom is -0.344 e. The maximum Gasteiger partial charge on any atom is 0.231 e. The molecular weight excluding hydrogens is 277 g/mol. The van der Waals surface area contributed by atoms with Crippen molar-refractivity contribution in [2.75, 3.05) is 6.54 Å². The largest absolute Gasteiger partial charge is 0.344 e. The smallest absolute Gasteiger partial charge is 0.231 e. The van der Waals surface area contributed by atoms with Gasteiger partial charge in [0, 0.05) is 5.56 Å². The molecule has 22 heavy (non-hydrogen) atoms. The van der Waals surface area contributed by atoms with E-state index in [-0.39, 0.29) is 11.7 Å². The molecule has 3 rings (SSSR count). The molecule has 1 amide bonds. The van der Waals surface area contributed by atoms with Gasteiger partial charge in [-0.25, -0.2) is 4.39 Å². The molecular formula is C19H16FNO. The summed E-state index contributed by atoms with van der Waals surface area (Å²) in [5.74, 6) is 5.65. The van der Waals surface area contributed by atoms with Gasteiger partial charge in [-0.2, -0.15) is 0 Å². The van der Waals surface area contributed by atoms with Gasteiger partial charge in [0.25, 0.3) is 0 Å². The van der Waals surface area contributed by atoms with Crippen LogP contribution in [0.2, 0.25) is 0 Å². The number of benzene rings is 2. The second-order valence-electron chi connectivity index (χ2n) is 5.44. The van der Waals surface area contributed by atoms with Gasteiger partial charge in [0.05, 0.1) is 12.0 Å². The van der Waals surface area contributed by atoms with Crippen molar-refractivity contribution in [1.29, 1.82) is 0 Å². The van der Waals surface area contributed by atoms with Gasteiger partial charge in [-0.15, -0.1) is 0 Å². The van der Waals surface area contributed by atoms with E-state index in [2.05, 4.69) is 17.2 Å². The molecule has 1 saturated carbocycles. The maximum absolute atomic E-state index is 13.0. The molecule has 3 heteroatoms. The summed E-state index contributed by atoms with van der Waals surface area (Å²) < 4.78 is 13.0. The Morgan fingerprint density at radius 1 is 1.09 bits per heavy atom. The number of hydrogen-bond donors (Lipinski definition) is 1. The molecule has 0 bridgehead atoms. The summed E-state index contributed by atoms with van der Waals surface area (Å²) in [6.45, 7) is 0.316. The van der Waals surface area contributed by atoms with Crippen molar-refractivity contribution in [3.05, 3.63) is 71.5 Å². The number of carbonyl (C=O) groups excluding carboxylic acids is 1. The molecule has 0 radical (unpaired) electrons. The summed E-state index contributed by atoms with van der Waals surface area (Å²) in [6.07, 6.45) is 1.60. The topological polar surface area (TPSA) is 29.1 Å². The second-order valence-corrected chi connectivity index (χ2v) is 5.44. The van der Waals surface area contributed by atoms with Crippen molar-refractivity contribution in [3.63, 3.8) is 0 Å². The quantitative estimate of drug-likeness (QED) is 0.866. The first-order valence-corrected chi connectivity index (χ1v) is 7.29. The molecule has 2 aromatic rings. The average Bonchev–Trinajstić information content (AvgIpc) is 3.35. The lowest BCUT2D eigenvalue weighted by molar-refractivity contribution is -0.123. The molecule has 0 aliphatic heterocycles. The van der Waals surface area contributed by atoms with Gasteiger partial charge in [0.1, 0.15) is 5.82 Å². The van der Waals surface area contributed by atoms with Crippen LogP contribution in [0.5, 0.6) is 0 Å². The second kappa shape index (κ2) is 6.03. The Kier molecular flexibility index (Phi) is 3.93. The van der Waals surface area contributed by atoms with E-state index in [0.29, 0.717) is 6.54 Å². The zero-order valence-electron chi connectivity index (χ0n) is 12.1. The van der Waals surface area contributed by atoms with Crippen LogP contribution in [0.3, 0.4) is 0 Å². The molecule has 0 saturated heterocycles. The van der Waals surface area contributed by atoms with E-state index in [0.717, 1.165) is 24.0 Å². The van der Waals surface area contributed by atoms with Crippen molar-refractivity contribution < 1.29 is 9.18 Å². The van der Waals surface area contributed by atoms with Crippen LogP contribution in [0.25, 0.3) is 0 Å². The van der Waals surface area contributed by atoms with Gasteiger partial charge in [0.2, 0.25) is 5.91 Å². The Balaban J connectivity index is 1.61. The third kappa shape index (κ3) is 3.01. The summed E-state index contributed by atoms with van der Waals surface area (Å²) >= 11 is 0. The summed E-state index contributed by atoms with van der Waals surface area (Å²) in [5.41, 5.74) is 1.32. The van der Waals surface area contributed by atoms with Gasteiger partial charge < -0.3 is 5.32 Å². The molecule has 2 nitrogen and oxygen atoms in total. The SMILES string of the molecule is O=C(NCC#Cc1ccccc1)C1(c2ccc(F)cc2)CC1. The third-order valence-electron chi connectivity index (χ3n) is 3.93. The summed E-state index contributed by atoms with van der Waals surface area (Å²) in [4.78, 5) is 12.4. The number of nitrogens with one attached hydrogen (secondary N) is 1. The van der Waals surface area contributed by atoms with E-state index in [1.165, 1.54) is 12.1 Å². The Hall–Kier alpha value is -2.60. The molecule has 0 spiro atoms. The minimum atomic E-state index is -0.484. The minimum absolute atomic E-state index is 0.0264. The van der Waals surface area contributed by atoms with E-state index in [9.17, 15) is 9.18 Å². The lowest BCUT2D eigenvalue weighted by atomic mass is 9.95. The molecule has 1 fully saturated rings. The van der Waals surface area contributed by atoms with E-state index in [1.54, 1.807) is 12.1 Å². The summed E-state index contributed by atoms with van der Waals surface area (Å²) in [7, 11) is 0. The fourth-order valence-electron chi connectivity index (χ4n) is 2.50. The Morgan fingerprint density at radius 3 is 2.41 bits per heavy atom. The number of carbonyl (C=O) groups is 1. The van der Waals surface area contributed by atoms with Crippen molar-refractivity contribution >= 4 is 5.91 Å². The predicted octanol–water partition coefficient (Wildman–Crippen LogP) is 3.03. The molecule has 110 valence electrons. The van der Waals surface area contributed by atoms with Gasteiger partial charge in [-0.3, -0.25) is 4.79 Å². The highest BCUT2D eigenvalue weighted by atomic mass is 19.1. The van der Waals surface area contributed by atoms with Crippen molar-refractivity contribution in [2.24, 2.45) is 0 Å². The monoisotopic (exact) mass is 293 g/mol. The van der Waals surface area contributed by atoms with Crippen LogP contribution in [-0.2, 0) is 10.2 Å². The Labute approximate surface area is 129 Å². The number of rotatable bonds is 3. The zero-order valence-corrected chi connectivity index (χ0v) is 12.1. The fourth-order valence-corrected chi connectivity index (χ4v) is 2.50. The Morgan fingerprint density at radius 2 is 1.77 bits per heavy atom. The highest BCUT2D eigenvalue weighted by Gasteiger charge is 2.50. The lowest BCUT2D eigenvalue weighted by Crippen LogP contribution is -2.34. The standard InChI is InChI=1S/C19H16FNO/c20-17-10-8-16(9-11-17)19(12-13-19)18(22)21-14-4-7-15-5-2-1-3-6-15/h1-3,5-6,8-11H,12-14H2,(H,21,22). The van der Waals surface area contributed by atoms with Gasteiger partial charge >= 0.3 is 0 Å². The van der Waals surface area contributed by atoms with Crippen molar-refractivity contribution in [2.45, 2.75) is 18.3 Å². The van der Waals surface area contributed by atoms with Gasteiger partial charge in [-0.05, 0) is 42.7 Å². The molecule has 0 unspecified atom stereocenters. The predicted molar refractivity (Wildman–Crippen MR) is 83.6 cm³/mol. The number of hydrogen-bond acceptors (Lipinski definition) is 1. The van der Waals surface area contributed by atoms with Crippen LogP contribution in [0.1, 0.15) is 24.0 Å². The van der Waals surface area contributed by atoms with Crippen LogP contribution in [0.15, 0.2) is 54.6 Å². The molecule has 2 aromatic carbocycles. The van der Waals surface area contributed by atoms with E-state index >= 15 is 0 Å². The fraction of sp³-hybridized carbons (Fsp3) is 0.211. The Bertz CT molecular complexity index is 722. The van der Waals surface area contributed by atoms with Crippen molar-refractivity contribution in [1.82, 2.24) is 5.32 Å². The van der Waals surface area contributed by atoms with E-state index in [1.807, 2.05) is 30.3 Å². The highest BCUT2D eigenvalue weighted by molar-refractivity contribution is 5.91. The number of amides is 1. The average molecular weight is 293 g/mol. The highest BCUT2D eigenvalue weighted by Crippen LogP contribution is 2.48. The van der Waals surface area contributed by atoms with Crippen LogP contribution in [0.4, 0.5) is 4.39 Å². The zero-order chi connectivity index (χ0) is 15.4. The van der Waals surface area contributed by atoms with Crippen LogP contribution in [0, 0.1) is 17.7 Å². The first-order valence-electron chi connectivity index (χ1n) is 7.29. The maximum atomic E-state index is 13.0. The molecule has 0 atom stereocenters. The van der Waals surface area contributed by atoms with Crippen LogP contribution < -0.4 is 5.32 Å². The van der Waals surface area contributed by atoms with E-state index in [4.69, 9.17) is 0 Å². The number of halogens is 1. The first kappa shape index (κ1) is 14.3. The van der Waals surface area contributed by atoms with Crippen molar-refractivity contribution in [3.8, 4) is 11.8 Å². The normalized spacial score (nSPS) is 14.6. The van der Waals surface area contributed by atoms with Crippen LogP contribution in [-0.4, -0.2) is 12.5 Å². The van der Waals surface area contributed by atoms with E-state index < -0.39 is 5.41 Å². The van der Waals surface area contributed by atoms with Crippen LogP contribution >= 0.6 is 0 Å².